The van der Waals surface area contributed by atoms with Crippen molar-refractivity contribution in [2.75, 3.05) is 13.9 Å². The van der Waals surface area contributed by atoms with Crippen molar-refractivity contribution in [1.82, 2.24) is 5.32 Å². The van der Waals surface area contributed by atoms with Gasteiger partial charge in [0, 0.05) is 12.6 Å². The molecule has 1 saturated carbocycles. The zero-order chi connectivity index (χ0) is 14.8. The molecule has 4 heteroatoms. The van der Waals surface area contributed by atoms with Gasteiger partial charge in [-0.2, -0.15) is 0 Å². The molecular formula is C17H25NO3. The van der Waals surface area contributed by atoms with Crippen molar-refractivity contribution in [3.63, 3.8) is 0 Å². The van der Waals surface area contributed by atoms with Gasteiger partial charge in [0.05, 0.1) is 7.11 Å². The molecule has 1 fully saturated rings. The number of hydrogen-bond acceptors (Lipinski definition) is 4. The smallest absolute Gasteiger partial charge is 0.231 e. The Labute approximate surface area is 126 Å². The van der Waals surface area contributed by atoms with Crippen molar-refractivity contribution in [3.8, 4) is 17.2 Å². The van der Waals surface area contributed by atoms with E-state index >= 15 is 0 Å². The fourth-order valence-corrected chi connectivity index (χ4v) is 3.50. The standard InChI is InChI=1S/C17H25NO3/c1-11-4-5-14(12(2)6-11)18-9-13-7-15(19-3)17-16(8-13)20-10-21-17/h7-8,11-12,14,18H,4-6,9-10H2,1-3H3. The number of fused-ring (bicyclic) bond motifs is 1. The Kier molecular flexibility index (Phi) is 4.24. The van der Waals surface area contributed by atoms with Gasteiger partial charge in [-0.25, -0.2) is 0 Å². The molecule has 1 N–H and O–H groups in total. The van der Waals surface area contributed by atoms with E-state index in [0.29, 0.717) is 6.04 Å². The van der Waals surface area contributed by atoms with Gasteiger partial charge in [-0.1, -0.05) is 13.8 Å². The summed E-state index contributed by atoms with van der Waals surface area (Å²) in [5, 5.41) is 3.70. The third-order valence-corrected chi connectivity index (χ3v) is 4.72. The van der Waals surface area contributed by atoms with E-state index in [1.54, 1.807) is 7.11 Å². The Bertz CT molecular complexity index is 503. The van der Waals surface area contributed by atoms with E-state index in [4.69, 9.17) is 14.2 Å². The van der Waals surface area contributed by atoms with Crippen LogP contribution in [0, 0.1) is 11.8 Å². The summed E-state index contributed by atoms with van der Waals surface area (Å²) in [6.07, 6.45) is 3.92. The third kappa shape index (κ3) is 3.10. The Balaban J connectivity index is 1.65. The van der Waals surface area contributed by atoms with E-state index in [0.717, 1.165) is 35.6 Å². The van der Waals surface area contributed by atoms with Crippen LogP contribution in [0.5, 0.6) is 17.2 Å². The van der Waals surface area contributed by atoms with Crippen molar-refractivity contribution in [2.45, 2.75) is 45.7 Å². The molecule has 1 aliphatic heterocycles. The Hall–Kier alpha value is -1.42. The molecule has 116 valence electrons. The zero-order valence-corrected chi connectivity index (χ0v) is 13.1. The molecule has 1 heterocycles. The molecule has 1 aromatic rings. The van der Waals surface area contributed by atoms with Gasteiger partial charge in [0.2, 0.25) is 12.5 Å². The number of methoxy groups -OCH3 is 1. The number of benzene rings is 1. The zero-order valence-electron chi connectivity index (χ0n) is 13.1. The molecule has 0 aromatic heterocycles. The second-order valence-corrected chi connectivity index (χ2v) is 6.41. The number of nitrogens with one attached hydrogen (secondary N) is 1. The molecule has 0 radical (unpaired) electrons. The first-order valence-corrected chi connectivity index (χ1v) is 7.87. The summed E-state index contributed by atoms with van der Waals surface area (Å²) in [5.41, 5.74) is 1.18. The van der Waals surface area contributed by atoms with Crippen LogP contribution in [0.15, 0.2) is 12.1 Å². The average Bonchev–Trinajstić information content (AvgIpc) is 2.93. The summed E-state index contributed by atoms with van der Waals surface area (Å²) in [4.78, 5) is 0. The lowest BCUT2D eigenvalue weighted by Gasteiger charge is -2.33. The molecule has 3 unspecified atom stereocenters. The topological polar surface area (TPSA) is 39.7 Å². The average molecular weight is 291 g/mol. The monoisotopic (exact) mass is 291 g/mol. The minimum Gasteiger partial charge on any atom is -0.493 e. The first kappa shape index (κ1) is 14.5. The predicted octanol–water partition coefficient (Wildman–Crippen LogP) is 3.34. The van der Waals surface area contributed by atoms with E-state index in [1.165, 1.54) is 24.8 Å². The molecule has 3 atom stereocenters. The van der Waals surface area contributed by atoms with Crippen LogP contribution >= 0.6 is 0 Å². The molecular weight excluding hydrogens is 266 g/mol. The van der Waals surface area contributed by atoms with Crippen LogP contribution in [0.4, 0.5) is 0 Å². The summed E-state index contributed by atoms with van der Waals surface area (Å²) in [6, 6.07) is 4.70. The predicted molar refractivity (Wildman–Crippen MR) is 81.9 cm³/mol. The van der Waals surface area contributed by atoms with Gasteiger partial charge in [-0.3, -0.25) is 0 Å². The van der Waals surface area contributed by atoms with Gasteiger partial charge >= 0.3 is 0 Å². The molecule has 0 saturated heterocycles. The Morgan fingerprint density at radius 1 is 1.24 bits per heavy atom. The molecule has 4 nitrogen and oxygen atoms in total. The lowest BCUT2D eigenvalue weighted by Crippen LogP contribution is -2.38. The fraction of sp³-hybridized carbons (Fsp3) is 0.647. The molecule has 0 amide bonds. The van der Waals surface area contributed by atoms with Crippen LogP contribution in [-0.2, 0) is 6.54 Å². The van der Waals surface area contributed by atoms with Gasteiger partial charge < -0.3 is 19.5 Å². The first-order valence-electron chi connectivity index (χ1n) is 7.87. The minimum atomic E-state index is 0.278. The number of rotatable bonds is 4. The Morgan fingerprint density at radius 2 is 2.10 bits per heavy atom. The quantitative estimate of drug-likeness (QED) is 0.923. The van der Waals surface area contributed by atoms with E-state index in [2.05, 4.69) is 19.2 Å². The normalized spacial score (nSPS) is 27.7. The maximum Gasteiger partial charge on any atom is 0.231 e. The number of ether oxygens (including phenoxy) is 3. The summed E-state index contributed by atoms with van der Waals surface area (Å²) in [6.45, 7) is 5.83. The van der Waals surface area contributed by atoms with Crippen LogP contribution in [0.1, 0.15) is 38.7 Å². The summed E-state index contributed by atoms with van der Waals surface area (Å²) < 4.78 is 16.3. The van der Waals surface area contributed by atoms with Crippen LogP contribution in [0.3, 0.4) is 0 Å². The minimum absolute atomic E-state index is 0.278. The SMILES string of the molecule is COc1cc(CNC2CCC(C)CC2C)cc2c1OCO2. The molecule has 1 aromatic carbocycles. The largest absolute Gasteiger partial charge is 0.493 e. The van der Waals surface area contributed by atoms with Crippen LogP contribution < -0.4 is 19.5 Å². The van der Waals surface area contributed by atoms with Crippen molar-refractivity contribution < 1.29 is 14.2 Å². The van der Waals surface area contributed by atoms with Crippen LogP contribution in [0.25, 0.3) is 0 Å². The summed E-state index contributed by atoms with van der Waals surface area (Å²) in [7, 11) is 1.67. The summed E-state index contributed by atoms with van der Waals surface area (Å²) in [5.74, 6) is 3.87. The van der Waals surface area contributed by atoms with Crippen molar-refractivity contribution in [3.05, 3.63) is 17.7 Å². The lowest BCUT2D eigenvalue weighted by atomic mass is 9.80. The molecule has 3 rings (SSSR count). The molecule has 21 heavy (non-hydrogen) atoms. The molecule has 0 spiro atoms. The molecule has 1 aliphatic carbocycles. The lowest BCUT2D eigenvalue weighted by molar-refractivity contribution is 0.171. The van der Waals surface area contributed by atoms with Crippen LogP contribution in [0.2, 0.25) is 0 Å². The van der Waals surface area contributed by atoms with Crippen molar-refractivity contribution in [2.24, 2.45) is 11.8 Å². The van der Waals surface area contributed by atoms with E-state index in [1.807, 2.05) is 12.1 Å². The van der Waals surface area contributed by atoms with Crippen LogP contribution in [-0.4, -0.2) is 19.9 Å². The maximum atomic E-state index is 5.48. The Morgan fingerprint density at radius 3 is 2.86 bits per heavy atom. The fourth-order valence-electron chi connectivity index (χ4n) is 3.50. The highest BCUT2D eigenvalue weighted by Crippen LogP contribution is 2.41. The summed E-state index contributed by atoms with van der Waals surface area (Å²) >= 11 is 0. The van der Waals surface area contributed by atoms with Gasteiger partial charge in [0.1, 0.15) is 0 Å². The van der Waals surface area contributed by atoms with Gasteiger partial charge in [0.15, 0.2) is 11.5 Å². The highest BCUT2D eigenvalue weighted by Gasteiger charge is 2.25. The van der Waals surface area contributed by atoms with Crippen molar-refractivity contribution in [1.29, 1.82) is 0 Å². The molecule has 0 bridgehead atoms. The second-order valence-electron chi connectivity index (χ2n) is 6.41. The highest BCUT2D eigenvalue weighted by molar-refractivity contribution is 5.55. The van der Waals surface area contributed by atoms with Gasteiger partial charge in [-0.05, 0) is 48.8 Å². The van der Waals surface area contributed by atoms with Gasteiger partial charge in [-0.15, -0.1) is 0 Å². The first-order chi connectivity index (χ1) is 10.2. The van der Waals surface area contributed by atoms with E-state index in [-0.39, 0.29) is 6.79 Å². The highest BCUT2D eigenvalue weighted by atomic mass is 16.7. The number of hydrogen-bond donors (Lipinski definition) is 1. The second kappa shape index (κ2) is 6.14. The van der Waals surface area contributed by atoms with Gasteiger partial charge in [0.25, 0.3) is 0 Å². The van der Waals surface area contributed by atoms with E-state index in [9.17, 15) is 0 Å². The van der Waals surface area contributed by atoms with E-state index < -0.39 is 0 Å². The molecule has 2 aliphatic rings. The van der Waals surface area contributed by atoms with Crippen molar-refractivity contribution >= 4 is 0 Å². The maximum absolute atomic E-state index is 5.48. The third-order valence-electron chi connectivity index (χ3n) is 4.72.